The number of nitrogens with two attached hydrogens (primary N) is 1. The Hall–Kier alpha value is -0.610. The highest BCUT2D eigenvalue weighted by atomic mass is 16.5. The average Bonchev–Trinajstić information content (AvgIpc) is 2.39. The molecule has 3 unspecified atom stereocenters. The lowest BCUT2D eigenvalue weighted by molar-refractivity contribution is -0.125. The van der Waals surface area contributed by atoms with E-state index in [0.29, 0.717) is 12.0 Å². The molecule has 0 aromatic carbocycles. The maximum Gasteiger partial charge on any atom is 0.237 e. The molecule has 3 atom stereocenters. The van der Waals surface area contributed by atoms with Crippen LogP contribution in [0.5, 0.6) is 0 Å². The molecule has 1 saturated carbocycles. The van der Waals surface area contributed by atoms with Crippen molar-refractivity contribution in [3.05, 3.63) is 0 Å². The minimum atomic E-state index is -0.355. The Morgan fingerprint density at radius 2 is 2.00 bits per heavy atom. The van der Waals surface area contributed by atoms with Crippen LogP contribution in [0.4, 0.5) is 0 Å². The normalized spacial score (nSPS) is 31.9. The molecule has 4 heteroatoms. The molecule has 2 fully saturated rings. The van der Waals surface area contributed by atoms with Gasteiger partial charge in [-0.2, -0.15) is 0 Å². The van der Waals surface area contributed by atoms with E-state index >= 15 is 0 Å². The maximum atomic E-state index is 12.1. The van der Waals surface area contributed by atoms with E-state index in [1.54, 1.807) is 0 Å². The van der Waals surface area contributed by atoms with E-state index in [1.165, 1.54) is 12.8 Å². The van der Waals surface area contributed by atoms with Crippen molar-refractivity contribution in [2.45, 2.75) is 57.5 Å². The van der Waals surface area contributed by atoms with E-state index in [-0.39, 0.29) is 11.9 Å². The summed E-state index contributed by atoms with van der Waals surface area (Å²) in [6.07, 6.45) is 6.55. The maximum absolute atomic E-state index is 12.1. The third-order valence-electron chi connectivity index (χ3n) is 4.36. The Bertz CT molecular complexity index is 277. The van der Waals surface area contributed by atoms with Gasteiger partial charge in [-0.25, -0.2) is 0 Å². The zero-order chi connectivity index (χ0) is 13.0. The summed E-state index contributed by atoms with van der Waals surface area (Å²) in [6.45, 7) is 3.74. The van der Waals surface area contributed by atoms with Crippen LogP contribution in [0, 0.1) is 11.8 Å². The highest BCUT2D eigenvalue weighted by Crippen LogP contribution is 2.24. The standard InChI is InChI=1S/C14H26N2O2/c1-10-3-2-4-12(9-10)16-14(17)13(15)11-5-7-18-8-6-11/h10-13H,2-9,15H2,1H3,(H,16,17). The molecule has 2 rings (SSSR count). The van der Waals surface area contributed by atoms with Crippen molar-refractivity contribution in [3.8, 4) is 0 Å². The average molecular weight is 254 g/mol. The van der Waals surface area contributed by atoms with E-state index in [1.807, 2.05) is 0 Å². The van der Waals surface area contributed by atoms with Gasteiger partial charge >= 0.3 is 0 Å². The number of carbonyl (C=O) groups excluding carboxylic acids is 1. The van der Waals surface area contributed by atoms with Crippen molar-refractivity contribution in [1.29, 1.82) is 0 Å². The van der Waals surface area contributed by atoms with Crippen LogP contribution >= 0.6 is 0 Å². The summed E-state index contributed by atoms with van der Waals surface area (Å²) < 4.78 is 5.31. The number of carbonyl (C=O) groups is 1. The minimum Gasteiger partial charge on any atom is -0.381 e. The second-order valence-electron chi connectivity index (χ2n) is 5.95. The van der Waals surface area contributed by atoms with Gasteiger partial charge in [0.05, 0.1) is 6.04 Å². The lowest BCUT2D eigenvalue weighted by Crippen LogP contribution is -2.50. The van der Waals surface area contributed by atoms with Gasteiger partial charge in [-0.15, -0.1) is 0 Å². The van der Waals surface area contributed by atoms with Crippen molar-refractivity contribution in [2.75, 3.05) is 13.2 Å². The predicted octanol–water partition coefficient (Wildman–Crippen LogP) is 1.44. The Balaban J connectivity index is 1.79. The molecule has 0 spiro atoms. The largest absolute Gasteiger partial charge is 0.381 e. The van der Waals surface area contributed by atoms with E-state index in [0.717, 1.165) is 44.8 Å². The molecule has 0 aromatic heterocycles. The van der Waals surface area contributed by atoms with Gasteiger partial charge in [-0.05, 0) is 37.5 Å². The van der Waals surface area contributed by atoms with Crippen LogP contribution in [-0.2, 0) is 9.53 Å². The third-order valence-corrected chi connectivity index (χ3v) is 4.36. The van der Waals surface area contributed by atoms with Crippen molar-refractivity contribution in [3.63, 3.8) is 0 Å². The van der Waals surface area contributed by atoms with Crippen molar-refractivity contribution in [2.24, 2.45) is 17.6 Å². The monoisotopic (exact) mass is 254 g/mol. The number of hydrogen-bond donors (Lipinski definition) is 2. The van der Waals surface area contributed by atoms with Gasteiger partial charge in [-0.3, -0.25) is 4.79 Å². The second-order valence-corrected chi connectivity index (χ2v) is 5.95. The zero-order valence-corrected chi connectivity index (χ0v) is 11.4. The smallest absolute Gasteiger partial charge is 0.237 e. The molecule has 0 aromatic rings. The number of hydrogen-bond acceptors (Lipinski definition) is 3. The van der Waals surface area contributed by atoms with Crippen molar-refractivity contribution < 1.29 is 9.53 Å². The molecule has 1 amide bonds. The summed E-state index contributed by atoms with van der Waals surface area (Å²) in [5, 5.41) is 3.14. The van der Waals surface area contributed by atoms with Gasteiger partial charge < -0.3 is 15.8 Å². The number of rotatable bonds is 3. The summed E-state index contributed by atoms with van der Waals surface area (Å²) in [6, 6.07) is -0.0155. The van der Waals surface area contributed by atoms with Gasteiger partial charge in [0.25, 0.3) is 0 Å². The first-order valence-electron chi connectivity index (χ1n) is 7.30. The fourth-order valence-electron chi connectivity index (χ4n) is 3.15. The van der Waals surface area contributed by atoms with E-state index in [4.69, 9.17) is 10.5 Å². The molecule has 3 N–H and O–H groups in total. The summed E-state index contributed by atoms with van der Waals surface area (Å²) in [5.41, 5.74) is 6.08. The minimum absolute atomic E-state index is 0.0426. The van der Waals surface area contributed by atoms with Crippen LogP contribution < -0.4 is 11.1 Å². The number of nitrogens with one attached hydrogen (secondary N) is 1. The Labute approximate surface area is 110 Å². The van der Waals surface area contributed by atoms with Gasteiger partial charge in [0, 0.05) is 19.3 Å². The van der Waals surface area contributed by atoms with Crippen LogP contribution in [0.1, 0.15) is 45.4 Å². The number of amides is 1. The molecular weight excluding hydrogens is 228 g/mol. The van der Waals surface area contributed by atoms with Crippen LogP contribution in [0.15, 0.2) is 0 Å². The predicted molar refractivity (Wildman–Crippen MR) is 71.1 cm³/mol. The van der Waals surface area contributed by atoms with Crippen LogP contribution in [-0.4, -0.2) is 31.2 Å². The quantitative estimate of drug-likeness (QED) is 0.801. The molecule has 0 radical (unpaired) electrons. The molecule has 1 saturated heterocycles. The molecule has 0 bridgehead atoms. The van der Waals surface area contributed by atoms with Gasteiger partial charge in [0.2, 0.25) is 5.91 Å². The van der Waals surface area contributed by atoms with E-state index in [9.17, 15) is 4.79 Å². The van der Waals surface area contributed by atoms with Crippen LogP contribution in [0.2, 0.25) is 0 Å². The van der Waals surface area contributed by atoms with Gasteiger partial charge in [0.1, 0.15) is 0 Å². The summed E-state index contributed by atoms with van der Waals surface area (Å²) >= 11 is 0. The lowest BCUT2D eigenvalue weighted by Gasteiger charge is -2.31. The third kappa shape index (κ3) is 3.69. The van der Waals surface area contributed by atoms with E-state index < -0.39 is 0 Å². The first kappa shape index (κ1) is 13.8. The topological polar surface area (TPSA) is 64.4 Å². The molecule has 1 aliphatic carbocycles. The van der Waals surface area contributed by atoms with Crippen molar-refractivity contribution >= 4 is 5.91 Å². The Kier molecular flexibility index (Phi) is 5.01. The molecule has 4 nitrogen and oxygen atoms in total. The van der Waals surface area contributed by atoms with Crippen LogP contribution in [0.25, 0.3) is 0 Å². The molecule has 18 heavy (non-hydrogen) atoms. The van der Waals surface area contributed by atoms with E-state index in [2.05, 4.69) is 12.2 Å². The first-order valence-corrected chi connectivity index (χ1v) is 7.30. The highest BCUT2D eigenvalue weighted by Gasteiger charge is 2.28. The molecular formula is C14H26N2O2. The second kappa shape index (κ2) is 6.53. The fourth-order valence-corrected chi connectivity index (χ4v) is 3.15. The van der Waals surface area contributed by atoms with Crippen molar-refractivity contribution in [1.82, 2.24) is 5.32 Å². The van der Waals surface area contributed by atoms with Gasteiger partial charge in [-0.1, -0.05) is 19.8 Å². The lowest BCUT2D eigenvalue weighted by atomic mass is 9.86. The SMILES string of the molecule is CC1CCCC(NC(=O)C(N)C2CCOCC2)C1. The summed E-state index contributed by atoms with van der Waals surface area (Å²) in [5.74, 6) is 1.06. The highest BCUT2D eigenvalue weighted by molar-refractivity contribution is 5.82. The van der Waals surface area contributed by atoms with Gasteiger partial charge in [0.15, 0.2) is 0 Å². The fraction of sp³-hybridized carbons (Fsp3) is 0.929. The summed E-state index contributed by atoms with van der Waals surface area (Å²) in [4.78, 5) is 12.1. The molecule has 1 aliphatic heterocycles. The van der Waals surface area contributed by atoms with Crippen LogP contribution in [0.3, 0.4) is 0 Å². The Morgan fingerprint density at radius 3 is 2.67 bits per heavy atom. The Morgan fingerprint density at radius 1 is 1.28 bits per heavy atom. The molecule has 104 valence electrons. The zero-order valence-electron chi connectivity index (χ0n) is 11.4. The molecule has 1 heterocycles. The first-order chi connectivity index (χ1) is 8.66. The summed E-state index contributed by atoms with van der Waals surface area (Å²) in [7, 11) is 0. The number of ether oxygens (including phenoxy) is 1. The molecule has 2 aliphatic rings.